The summed E-state index contributed by atoms with van der Waals surface area (Å²) in [6, 6.07) is 6.26. The fourth-order valence-corrected chi connectivity index (χ4v) is 2.35. The number of aliphatic carboxylic acids is 1. The molecule has 0 saturated carbocycles. The van der Waals surface area contributed by atoms with Crippen molar-refractivity contribution in [1.29, 1.82) is 0 Å². The summed E-state index contributed by atoms with van der Waals surface area (Å²) in [5, 5.41) is 12.3. The zero-order valence-electron chi connectivity index (χ0n) is 11.0. The van der Waals surface area contributed by atoms with E-state index < -0.39 is 17.9 Å². The van der Waals surface area contributed by atoms with Crippen LogP contribution in [-0.2, 0) is 4.79 Å². The van der Waals surface area contributed by atoms with Crippen molar-refractivity contribution in [3.63, 3.8) is 0 Å². The minimum Gasteiger partial charge on any atom is -0.480 e. The molecule has 0 aliphatic rings. The molecule has 2 N–H and O–H groups in total. The van der Waals surface area contributed by atoms with E-state index in [0.717, 1.165) is 0 Å². The Morgan fingerprint density at radius 1 is 1.40 bits per heavy atom. The predicted octanol–water partition coefficient (Wildman–Crippen LogP) is 2.37. The number of carbonyl (C=O) groups excluding carboxylic acids is 1. The molecule has 1 atom stereocenters. The lowest BCUT2D eigenvalue weighted by Gasteiger charge is -2.13. The van der Waals surface area contributed by atoms with E-state index in [-0.39, 0.29) is 0 Å². The summed E-state index contributed by atoms with van der Waals surface area (Å²) in [7, 11) is 0. The van der Waals surface area contributed by atoms with Crippen molar-refractivity contribution in [2.45, 2.75) is 12.5 Å². The second-order valence-electron chi connectivity index (χ2n) is 4.29. The normalized spacial score (nSPS) is 12.2. The van der Waals surface area contributed by atoms with Crippen LogP contribution in [0.2, 0.25) is 0 Å². The van der Waals surface area contributed by atoms with Crippen LogP contribution >= 0.6 is 11.8 Å². The Labute approximate surface area is 120 Å². The summed E-state index contributed by atoms with van der Waals surface area (Å²) >= 11 is 1.54. The second kappa shape index (κ2) is 6.47. The number of hydrogen-bond donors (Lipinski definition) is 2. The minimum absolute atomic E-state index is 0.357. The Balaban J connectivity index is 2.16. The van der Waals surface area contributed by atoms with E-state index >= 15 is 0 Å². The van der Waals surface area contributed by atoms with Gasteiger partial charge in [0.1, 0.15) is 17.9 Å². The summed E-state index contributed by atoms with van der Waals surface area (Å²) in [4.78, 5) is 23.3. The third-order valence-electron chi connectivity index (χ3n) is 2.94. The van der Waals surface area contributed by atoms with Gasteiger partial charge in [0.25, 0.3) is 5.91 Å². The largest absolute Gasteiger partial charge is 0.480 e. The third kappa shape index (κ3) is 3.14. The average Bonchev–Trinajstić information content (AvgIpc) is 2.87. The smallest absolute Gasteiger partial charge is 0.326 e. The number of hydrogen-bond acceptors (Lipinski definition) is 4. The van der Waals surface area contributed by atoms with Crippen molar-refractivity contribution in [3.05, 3.63) is 36.1 Å². The highest BCUT2D eigenvalue weighted by Crippen LogP contribution is 2.20. The molecule has 0 bridgehead atoms. The van der Waals surface area contributed by atoms with Crippen molar-refractivity contribution < 1.29 is 19.1 Å². The number of carboxylic acid groups (broad SMARTS) is 1. The zero-order valence-corrected chi connectivity index (χ0v) is 11.8. The van der Waals surface area contributed by atoms with Crippen molar-refractivity contribution in [2.75, 3.05) is 12.0 Å². The van der Waals surface area contributed by atoms with Gasteiger partial charge in [-0.05, 0) is 24.5 Å². The van der Waals surface area contributed by atoms with Gasteiger partial charge >= 0.3 is 5.97 Å². The molecular formula is C14H15NO4S. The van der Waals surface area contributed by atoms with E-state index in [1.54, 1.807) is 30.0 Å². The van der Waals surface area contributed by atoms with Crippen LogP contribution in [0, 0.1) is 0 Å². The Morgan fingerprint density at radius 2 is 2.15 bits per heavy atom. The van der Waals surface area contributed by atoms with E-state index in [9.17, 15) is 9.59 Å². The lowest BCUT2D eigenvalue weighted by Crippen LogP contribution is -2.41. The third-order valence-corrected chi connectivity index (χ3v) is 3.58. The number of para-hydroxylation sites is 1. The molecule has 1 heterocycles. The molecule has 0 unspecified atom stereocenters. The number of furan rings is 1. The molecule has 20 heavy (non-hydrogen) atoms. The minimum atomic E-state index is -1.03. The van der Waals surface area contributed by atoms with Gasteiger partial charge < -0.3 is 14.8 Å². The highest BCUT2D eigenvalue weighted by molar-refractivity contribution is 7.98. The summed E-state index contributed by atoms with van der Waals surface area (Å²) in [5.74, 6) is -0.785. The monoisotopic (exact) mass is 293 g/mol. The number of thioether (sulfide) groups is 1. The first-order valence-corrected chi connectivity index (χ1v) is 7.51. The molecule has 0 fully saturated rings. The van der Waals surface area contributed by atoms with Crippen LogP contribution in [-0.4, -0.2) is 35.0 Å². The number of carboxylic acids is 1. The molecule has 0 aliphatic carbocycles. The summed E-state index contributed by atoms with van der Waals surface area (Å²) in [5.41, 5.74) is 0.963. The van der Waals surface area contributed by atoms with Gasteiger partial charge in [0, 0.05) is 5.39 Å². The van der Waals surface area contributed by atoms with Crippen molar-refractivity contribution in [3.8, 4) is 0 Å². The number of amides is 1. The second-order valence-corrected chi connectivity index (χ2v) is 5.28. The lowest BCUT2D eigenvalue weighted by molar-refractivity contribution is -0.139. The molecule has 0 saturated heterocycles. The molecule has 2 rings (SSSR count). The molecule has 0 aliphatic heterocycles. The maximum absolute atomic E-state index is 12.2. The Morgan fingerprint density at radius 3 is 2.85 bits per heavy atom. The fraction of sp³-hybridized carbons (Fsp3) is 0.286. The molecule has 5 nitrogen and oxygen atoms in total. The van der Waals surface area contributed by atoms with Gasteiger partial charge in [-0.3, -0.25) is 4.79 Å². The van der Waals surface area contributed by atoms with Crippen LogP contribution in [0.5, 0.6) is 0 Å². The molecule has 6 heteroatoms. The Kier molecular flexibility index (Phi) is 4.68. The van der Waals surface area contributed by atoms with E-state index in [0.29, 0.717) is 28.7 Å². The van der Waals surface area contributed by atoms with E-state index in [1.807, 2.05) is 12.3 Å². The van der Waals surface area contributed by atoms with Crippen LogP contribution in [0.4, 0.5) is 0 Å². The van der Waals surface area contributed by atoms with Gasteiger partial charge in [0.2, 0.25) is 0 Å². The lowest BCUT2D eigenvalue weighted by atomic mass is 10.1. The summed E-state index contributed by atoms with van der Waals surface area (Å²) in [6.45, 7) is 0. The SMILES string of the molecule is CSCC[C@H](NC(=O)c1coc2ccccc12)C(=O)O. The van der Waals surface area contributed by atoms with Crippen LogP contribution in [0.25, 0.3) is 11.0 Å². The Hall–Kier alpha value is -1.95. The van der Waals surface area contributed by atoms with Crippen molar-refractivity contribution >= 4 is 34.6 Å². The number of rotatable bonds is 6. The van der Waals surface area contributed by atoms with Crippen molar-refractivity contribution in [1.82, 2.24) is 5.32 Å². The molecule has 1 amide bonds. The van der Waals surface area contributed by atoms with Gasteiger partial charge in [0.05, 0.1) is 5.56 Å². The van der Waals surface area contributed by atoms with Crippen LogP contribution in [0.1, 0.15) is 16.8 Å². The maximum Gasteiger partial charge on any atom is 0.326 e. The first-order valence-electron chi connectivity index (χ1n) is 6.12. The zero-order chi connectivity index (χ0) is 14.5. The summed E-state index contributed by atoms with van der Waals surface area (Å²) in [6.07, 6.45) is 3.63. The topological polar surface area (TPSA) is 79.5 Å². The first kappa shape index (κ1) is 14.5. The molecule has 0 spiro atoms. The molecular weight excluding hydrogens is 278 g/mol. The fourth-order valence-electron chi connectivity index (χ4n) is 1.88. The highest BCUT2D eigenvalue weighted by atomic mass is 32.2. The predicted molar refractivity (Wildman–Crippen MR) is 78.1 cm³/mol. The molecule has 1 aromatic carbocycles. The standard InChI is InChI=1S/C14H15NO4S/c1-20-7-6-11(14(17)18)15-13(16)10-8-19-12-5-3-2-4-9(10)12/h2-5,8,11H,6-7H2,1H3,(H,15,16)(H,17,18)/t11-/m0/s1. The molecule has 2 aromatic rings. The quantitative estimate of drug-likeness (QED) is 0.854. The van der Waals surface area contributed by atoms with Gasteiger partial charge in [-0.2, -0.15) is 11.8 Å². The average molecular weight is 293 g/mol. The van der Waals surface area contributed by atoms with Gasteiger partial charge in [-0.15, -0.1) is 0 Å². The van der Waals surface area contributed by atoms with E-state index in [1.165, 1.54) is 6.26 Å². The van der Waals surface area contributed by atoms with E-state index in [2.05, 4.69) is 5.32 Å². The first-order chi connectivity index (χ1) is 9.63. The highest BCUT2D eigenvalue weighted by Gasteiger charge is 2.22. The van der Waals surface area contributed by atoms with Gasteiger partial charge in [-0.1, -0.05) is 18.2 Å². The van der Waals surface area contributed by atoms with Crippen LogP contribution in [0.15, 0.2) is 34.9 Å². The van der Waals surface area contributed by atoms with Gasteiger partial charge in [0.15, 0.2) is 0 Å². The maximum atomic E-state index is 12.2. The molecule has 106 valence electrons. The van der Waals surface area contributed by atoms with Crippen LogP contribution in [0.3, 0.4) is 0 Å². The van der Waals surface area contributed by atoms with E-state index in [4.69, 9.17) is 9.52 Å². The number of carbonyl (C=O) groups is 2. The Bertz CT molecular complexity index is 622. The molecule has 0 radical (unpaired) electrons. The molecule has 1 aromatic heterocycles. The van der Waals surface area contributed by atoms with Gasteiger partial charge in [-0.25, -0.2) is 4.79 Å². The van der Waals surface area contributed by atoms with Crippen LogP contribution < -0.4 is 5.32 Å². The number of fused-ring (bicyclic) bond motifs is 1. The number of nitrogens with one attached hydrogen (secondary N) is 1. The summed E-state index contributed by atoms with van der Waals surface area (Å²) < 4.78 is 5.28. The van der Waals surface area contributed by atoms with Crippen molar-refractivity contribution in [2.24, 2.45) is 0 Å². The number of benzene rings is 1.